The second kappa shape index (κ2) is 5.51. The number of sulfonamides is 1. The fourth-order valence-corrected chi connectivity index (χ4v) is 3.65. The second-order valence-corrected chi connectivity index (χ2v) is 6.73. The molecule has 0 bridgehead atoms. The number of hydrogen-bond acceptors (Lipinski definition) is 3. The van der Waals surface area contributed by atoms with Crippen LogP contribution in [0.2, 0.25) is 5.02 Å². The fourth-order valence-electron chi connectivity index (χ4n) is 1.72. The Labute approximate surface area is 118 Å². The highest BCUT2D eigenvalue weighted by Gasteiger charge is 2.35. The van der Waals surface area contributed by atoms with Crippen molar-refractivity contribution in [3.63, 3.8) is 0 Å². The Morgan fingerprint density at radius 3 is 2.68 bits per heavy atom. The van der Waals surface area contributed by atoms with Crippen molar-refractivity contribution in [2.75, 3.05) is 13.7 Å². The van der Waals surface area contributed by atoms with E-state index < -0.39 is 10.0 Å². The highest BCUT2D eigenvalue weighted by Crippen LogP contribution is 2.33. The lowest BCUT2D eigenvalue weighted by Gasteiger charge is -2.17. The zero-order valence-electron chi connectivity index (χ0n) is 10.4. The summed E-state index contributed by atoms with van der Waals surface area (Å²) in [5.74, 6) is 5.17. The van der Waals surface area contributed by atoms with E-state index in [2.05, 4.69) is 11.8 Å². The van der Waals surface area contributed by atoms with Crippen LogP contribution in [0.1, 0.15) is 18.4 Å². The van der Waals surface area contributed by atoms with E-state index in [1.807, 2.05) is 0 Å². The SMILES string of the molecule is CN(C1CC1)S(=O)(=O)c1ccc(C#CCO)cc1Cl. The predicted octanol–water partition coefficient (Wildman–Crippen LogP) is 1.47. The zero-order chi connectivity index (χ0) is 14.0. The number of rotatable bonds is 3. The normalized spacial score (nSPS) is 15.2. The zero-order valence-corrected chi connectivity index (χ0v) is 12.0. The highest BCUT2D eigenvalue weighted by atomic mass is 35.5. The summed E-state index contributed by atoms with van der Waals surface area (Å²) >= 11 is 6.03. The summed E-state index contributed by atoms with van der Waals surface area (Å²) in [5.41, 5.74) is 0.576. The first-order valence-electron chi connectivity index (χ1n) is 5.84. The second-order valence-electron chi connectivity index (χ2n) is 4.36. The van der Waals surface area contributed by atoms with Gasteiger partial charge in [-0.25, -0.2) is 8.42 Å². The molecule has 0 heterocycles. The van der Waals surface area contributed by atoms with Gasteiger partial charge in [0.2, 0.25) is 10.0 Å². The first kappa shape index (κ1) is 14.4. The number of nitrogens with zero attached hydrogens (tertiary/aromatic N) is 1. The third-order valence-corrected chi connectivity index (χ3v) is 5.35. The minimum Gasteiger partial charge on any atom is -0.384 e. The molecule has 0 amide bonds. The van der Waals surface area contributed by atoms with Crippen LogP contribution in [0.15, 0.2) is 23.1 Å². The average molecular weight is 300 g/mol. The molecule has 102 valence electrons. The van der Waals surface area contributed by atoms with Crippen molar-refractivity contribution in [1.29, 1.82) is 0 Å². The maximum atomic E-state index is 12.3. The van der Waals surface area contributed by atoms with Gasteiger partial charge in [-0.2, -0.15) is 4.31 Å². The van der Waals surface area contributed by atoms with E-state index in [1.165, 1.54) is 16.4 Å². The average Bonchev–Trinajstić information content (AvgIpc) is 3.19. The smallest absolute Gasteiger partial charge is 0.244 e. The standard InChI is InChI=1S/C13H14ClNO3S/c1-15(11-5-6-11)19(17,18)13-7-4-10(3-2-8-16)9-12(13)14/h4,7,9,11,16H,5-6,8H2,1H3. The maximum Gasteiger partial charge on any atom is 0.244 e. The molecule has 1 aliphatic rings. The molecule has 0 spiro atoms. The molecule has 0 saturated heterocycles. The molecule has 1 N–H and O–H groups in total. The van der Waals surface area contributed by atoms with Crippen LogP contribution in [0, 0.1) is 11.8 Å². The van der Waals surface area contributed by atoms with Crippen LogP contribution >= 0.6 is 11.6 Å². The maximum absolute atomic E-state index is 12.3. The van der Waals surface area contributed by atoms with Gasteiger partial charge in [0.05, 0.1) is 5.02 Å². The van der Waals surface area contributed by atoms with Crippen molar-refractivity contribution in [3.05, 3.63) is 28.8 Å². The molecule has 19 heavy (non-hydrogen) atoms. The van der Waals surface area contributed by atoms with E-state index in [4.69, 9.17) is 16.7 Å². The van der Waals surface area contributed by atoms with Crippen LogP contribution in [-0.2, 0) is 10.0 Å². The molecule has 2 rings (SSSR count). The minimum atomic E-state index is -3.54. The van der Waals surface area contributed by atoms with Crippen LogP contribution in [0.25, 0.3) is 0 Å². The Balaban J connectivity index is 2.35. The van der Waals surface area contributed by atoms with Gasteiger partial charge in [0.1, 0.15) is 11.5 Å². The molecule has 0 aliphatic heterocycles. The van der Waals surface area contributed by atoms with Crippen molar-refractivity contribution in [3.8, 4) is 11.8 Å². The number of hydrogen-bond donors (Lipinski definition) is 1. The number of benzene rings is 1. The van der Waals surface area contributed by atoms with Gasteiger partial charge in [-0.05, 0) is 31.0 Å². The third kappa shape index (κ3) is 3.10. The van der Waals surface area contributed by atoms with Crippen molar-refractivity contribution in [2.45, 2.75) is 23.8 Å². The summed E-state index contributed by atoms with van der Waals surface area (Å²) in [4.78, 5) is 0.0955. The molecule has 1 aromatic rings. The molecule has 1 aromatic carbocycles. The van der Waals surface area contributed by atoms with Gasteiger partial charge >= 0.3 is 0 Å². The van der Waals surface area contributed by atoms with E-state index in [9.17, 15) is 8.42 Å². The first-order valence-corrected chi connectivity index (χ1v) is 7.66. The molecular weight excluding hydrogens is 286 g/mol. The molecule has 1 saturated carbocycles. The van der Waals surface area contributed by atoms with Gasteiger partial charge in [0, 0.05) is 18.7 Å². The summed E-state index contributed by atoms with van der Waals surface area (Å²) in [6.45, 7) is -0.248. The first-order chi connectivity index (χ1) is 8.96. The molecular formula is C13H14ClNO3S. The molecule has 6 heteroatoms. The van der Waals surface area contributed by atoms with Crippen LogP contribution in [-0.4, -0.2) is 37.5 Å². The quantitative estimate of drug-likeness (QED) is 0.860. The Morgan fingerprint density at radius 1 is 1.47 bits per heavy atom. The minimum absolute atomic E-state index is 0.0925. The highest BCUT2D eigenvalue weighted by molar-refractivity contribution is 7.89. The summed E-state index contributed by atoms with van der Waals surface area (Å²) < 4.78 is 26.0. The Hall–Kier alpha value is -1.06. The van der Waals surface area contributed by atoms with Crippen LogP contribution in [0.3, 0.4) is 0 Å². The largest absolute Gasteiger partial charge is 0.384 e. The summed E-state index contributed by atoms with van der Waals surface area (Å²) in [6, 6.07) is 4.63. The van der Waals surface area contributed by atoms with Crippen LogP contribution in [0.5, 0.6) is 0 Å². The van der Waals surface area contributed by atoms with E-state index >= 15 is 0 Å². The van der Waals surface area contributed by atoms with Gasteiger partial charge in [-0.15, -0.1) is 0 Å². The number of aliphatic hydroxyl groups excluding tert-OH is 1. The molecule has 1 aliphatic carbocycles. The topological polar surface area (TPSA) is 57.6 Å². The van der Waals surface area contributed by atoms with Crippen molar-refractivity contribution in [1.82, 2.24) is 4.31 Å². The summed E-state index contributed by atoms with van der Waals surface area (Å²) in [7, 11) is -1.97. The predicted molar refractivity (Wildman–Crippen MR) is 73.4 cm³/mol. The summed E-state index contributed by atoms with van der Waals surface area (Å²) in [6.07, 6.45) is 1.79. The molecule has 0 aromatic heterocycles. The Bertz CT molecular complexity index is 642. The van der Waals surface area contributed by atoms with Gasteiger partial charge in [-0.3, -0.25) is 0 Å². The Kier molecular flexibility index (Phi) is 4.16. The molecule has 4 nitrogen and oxygen atoms in total. The molecule has 0 unspecified atom stereocenters. The lowest BCUT2D eigenvalue weighted by atomic mass is 10.2. The van der Waals surface area contributed by atoms with Crippen molar-refractivity contribution in [2.24, 2.45) is 0 Å². The van der Waals surface area contributed by atoms with Crippen LogP contribution < -0.4 is 0 Å². The van der Waals surface area contributed by atoms with E-state index in [1.54, 1.807) is 13.1 Å². The van der Waals surface area contributed by atoms with E-state index in [0.29, 0.717) is 5.56 Å². The molecule has 0 atom stereocenters. The number of halogens is 1. The van der Waals surface area contributed by atoms with Gasteiger partial charge < -0.3 is 5.11 Å². The van der Waals surface area contributed by atoms with Crippen LogP contribution in [0.4, 0.5) is 0 Å². The lowest BCUT2D eigenvalue weighted by Crippen LogP contribution is -2.29. The third-order valence-electron chi connectivity index (χ3n) is 2.96. The van der Waals surface area contributed by atoms with E-state index in [-0.39, 0.29) is 22.6 Å². The number of aliphatic hydroxyl groups is 1. The monoisotopic (exact) mass is 299 g/mol. The van der Waals surface area contributed by atoms with Gasteiger partial charge in [0.15, 0.2) is 0 Å². The van der Waals surface area contributed by atoms with Crippen molar-refractivity contribution < 1.29 is 13.5 Å². The molecule has 1 fully saturated rings. The lowest BCUT2D eigenvalue weighted by molar-refractivity contribution is 0.350. The fraction of sp³-hybridized carbons (Fsp3) is 0.385. The molecule has 0 radical (unpaired) electrons. The van der Waals surface area contributed by atoms with E-state index in [0.717, 1.165) is 12.8 Å². The summed E-state index contributed by atoms with van der Waals surface area (Å²) in [5, 5.41) is 8.76. The van der Waals surface area contributed by atoms with Gasteiger partial charge in [-0.1, -0.05) is 23.4 Å². The van der Waals surface area contributed by atoms with Gasteiger partial charge in [0.25, 0.3) is 0 Å². The van der Waals surface area contributed by atoms with Crippen molar-refractivity contribution >= 4 is 21.6 Å². The Morgan fingerprint density at radius 2 is 2.16 bits per heavy atom.